The molecule has 1 unspecified atom stereocenters. The highest BCUT2D eigenvalue weighted by molar-refractivity contribution is 5.31. The van der Waals surface area contributed by atoms with Gasteiger partial charge in [0.05, 0.1) is 0 Å². The number of hydrogen-bond acceptors (Lipinski definition) is 1. The van der Waals surface area contributed by atoms with Crippen LogP contribution in [0.3, 0.4) is 0 Å². The molecule has 1 aliphatic rings. The third kappa shape index (κ3) is 3.16. The molecule has 0 spiro atoms. The van der Waals surface area contributed by atoms with Gasteiger partial charge in [-0.3, -0.25) is 0 Å². The molecule has 1 atom stereocenters. The van der Waals surface area contributed by atoms with Crippen LogP contribution in [0.5, 0.6) is 0 Å². The first-order valence-corrected chi connectivity index (χ1v) is 6.43. The fraction of sp³-hybridized carbons (Fsp3) is 0.467. The summed E-state index contributed by atoms with van der Waals surface area (Å²) < 4.78 is 25.2. The van der Waals surface area contributed by atoms with E-state index in [2.05, 4.69) is 6.08 Å². The molecular formula is C15H18F2O. The Bertz CT molecular complexity index is 426. The Hall–Kier alpha value is -1.22. The average Bonchev–Trinajstić information content (AvgIpc) is 2.67. The van der Waals surface area contributed by atoms with Crippen molar-refractivity contribution >= 4 is 0 Å². The molecule has 3 heteroatoms. The lowest BCUT2D eigenvalue weighted by atomic mass is 9.96. The lowest BCUT2D eigenvalue weighted by molar-refractivity contribution is 0.150. The van der Waals surface area contributed by atoms with Crippen LogP contribution in [0.25, 0.3) is 0 Å². The Morgan fingerprint density at radius 2 is 1.83 bits per heavy atom. The second kappa shape index (κ2) is 6.10. The van der Waals surface area contributed by atoms with Gasteiger partial charge in [0.15, 0.2) is 0 Å². The van der Waals surface area contributed by atoms with Gasteiger partial charge in [0, 0.05) is 5.56 Å². The summed E-state index contributed by atoms with van der Waals surface area (Å²) in [6.45, 7) is 0. The highest BCUT2D eigenvalue weighted by Crippen LogP contribution is 2.30. The molecule has 1 N–H and O–H groups in total. The van der Waals surface area contributed by atoms with Crippen LogP contribution in [-0.2, 0) is 0 Å². The average molecular weight is 252 g/mol. The van der Waals surface area contributed by atoms with E-state index in [1.54, 1.807) is 12.1 Å². The van der Waals surface area contributed by atoms with Crippen molar-refractivity contribution in [2.75, 3.05) is 0 Å². The van der Waals surface area contributed by atoms with Crippen LogP contribution < -0.4 is 0 Å². The van der Waals surface area contributed by atoms with Crippen molar-refractivity contribution in [3.05, 3.63) is 47.0 Å². The zero-order chi connectivity index (χ0) is 13.0. The van der Waals surface area contributed by atoms with Crippen molar-refractivity contribution in [3.63, 3.8) is 0 Å². The first kappa shape index (κ1) is 13.2. The molecule has 0 aromatic heterocycles. The van der Waals surface area contributed by atoms with Crippen LogP contribution in [-0.4, -0.2) is 5.11 Å². The van der Waals surface area contributed by atoms with E-state index >= 15 is 0 Å². The van der Waals surface area contributed by atoms with Crippen molar-refractivity contribution < 1.29 is 13.9 Å². The minimum absolute atomic E-state index is 0.0271. The summed E-state index contributed by atoms with van der Waals surface area (Å²) in [4.78, 5) is 0. The number of alkyl halides is 2. The Morgan fingerprint density at radius 1 is 1.06 bits per heavy atom. The first-order valence-electron chi connectivity index (χ1n) is 6.43. The minimum atomic E-state index is -2.49. The van der Waals surface area contributed by atoms with E-state index in [1.807, 2.05) is 0 Å². The SMILES string of the molecule is OC(C1=CCCCCC1)c1cccc(C(F)F)c1. The molecular weight excluding hydrogens is 234 g/mol. The fourth-order valence-corrected chi connectivity index (χ4v) is 2.37. The van der Waals surface area contributed by atoms with Crippen LogP contribution in [0, 0.1) is 0 Å². The van der Waals surface area contributed by atoms with E-state index in [-0.39, 0.29) is 5.56 Å². The van der Waals surface area contributed by atoms with E-state index in [0.29, 0.717) is 5.56 Å². The molecule has 0 fully saturated rings. The number of halogens is 2. The van der Waals surface area contributed by atoms with Gasteiger partial charge >= 0.3 is 0 Å². The monoisotopic (exact) mass is 252 g/mol. The molecule has 1 nitrogen and oxygen atoms in total. The van der Waals surface area contributed by atoms with Crippen LogP contribution in [0.15, 0.2) is 35.9 Å². The standard InChI is InChI=1S/C15H18F2O/c16-15(17)13-9-5-8-12(10-13)14(18)11-6-3-1-2-4-7-11/h5-6,8-10,14-15,18H,1-4,7H2. The third-order valence-corrected chi connectivity index (χ3v) is 3.41. The van der Waals surface area contributed by atoms with E-state index in [4.69, 9.17) is 0 Å². The van der Waals surface area contributed by atoms with E-state index < -0.39 is 12.5 Å². The zero-order valence-corrected chi connectivity index (χ0v) is 10.3. The maximum absolute atomic E-state index is 12.6. The third-order valence-electron chi connectivity index (χ3n) is 3.41. The molecule has 1 aliphatic carbocycles. The molecule has 98 valence electrons. The highest BCUT2D eigenvalue weighted by atomic mass is 19.3. The van der Waals surface area contributed by atoms with Crippen LogP contribution in [0.4, 0.5) is 8.78 Å². The number of aliphatic hydroxyl groups excluding tert-OH is 1. The minimum Gasteiger partial charge on any atom is -0.384 e. The largest absolute Gasteiger partial charge is 0.384 e. The highest BCUT2D eigenvalue weighted by Gasteiger charge is 2.16. The zero-order valence-electron chi connectivity index (χ0n) is 10.3. The smallest absolute Gasteiger partial charge is 0.263 e. The van der Waals surface area contributed by atoms with Gasteiger partial charge in [-0.05, 0) is 42.9 Å². The topological polar surface area (TPSA) is 20.2 Å². The van der Waals surface area contributed by atoms with Crippen molar-refractivity contribution in [1.82, 2.24) is 0 Å². The molecule has 0 radical (unpaired) electrons. The van der Waals surface area contributed by atoms with Crippen LogP contribution in [0.2, 0.25) is 0 Å². The molecule has 0 saturated heterocycles. The Kier molecular flexibility index (Phi) is 4.48. The van der Waals surface area contributed by atoms with E-state index in [0.717, 1.165) is 31.3 Å². The van der Waals surface area contributed by atoms with Gasteiger partial charge in [0.1, 0.15) is 6.10 Å². The van der Waals surface area contributed by atoms with Gasteiger partial charge in [0.2, 0.25) is 0 Å². The maximum atomic E-state index is 12.6. The van der Waals surface area contributed by atoms with Gasteiger partial charge in [-0.15, -0.1) is 0 Å². The number of aliphatic hydroxyl groups is 1. The summed E-state index contributed by atoms with van der Waals surface area (Å²) in [5.41, 5.74) is 1.51. The van der Waals surface area contributed by atoms with Gasteiger partial charge in [0.25, 0.3) is 6.43 Å². The quantitative estimate of drug-likeness (QED) is 0.782. The molecule has 18 heavy (non-hydrogen) atoms. The van der Waals surface area contributed by atoms with E-state index in [9.17, 15) is 13.9 Å². The molecule has 1 aromatic carbocycles. The molecule has 0 bridgehead atoms. The maximum Gasteiger partial charge on any atom is 0.263 e. The second-order valence-electron chi connectivity index (χ2n) is 4.75. The summed E-state index contributed by atoms with van der Waals surface area (Å²) >= 11 is 0. The molecule has 2 rings (SSSR count). The van der Waals surface area contributed by atoms with Crippen molar-refractivity contribution in [2.24, 2.45) is 0 Å². The number of benzene rings is 1. The number of allylic oxidation sites excluding steroid dienone is 1. The molecule has 0 aliphatic heterocycles. The van der Waals surface area contributed by atoms with Crippen molar-refractivity contribution in [3.8, 4) is 0 Å². The van der Waals surface area contributed by atoms with Crippen LogP contribution in [0.1, 0.15) is 55.8 Å². The second-order valence-corrected chi connectivity index (χ2v) is 4.75. The Labute approximate surface area is 106 Å². The first-order chi connectivity index (χ1) is 8.68. The summed E-state index contributed by atoms with van der Waals surface area (Å²) in [5.74, 6) is 0. The summed E-state index contributed by atoms with van der Waals surface area (Å²) in [6, 6.07) is 6.09. The lowest BCUT2D eigenvalue weighted by Gasteiger charge is -2.15. The molecule has 1 aromatic rings. The van der Waals surface area contributed by atoms with Gasteiger partial charge in [-0.2, -0.15) is 0 Å². The molecule has 0 heterocycles. The van der Waals surface area contributed by atoms with Gasteiger partial charge < -0.3 is 5.11 Å². The van der Waals surface area contributed by atoms with Crippen molar-refractivity contribution in [1.29, 1.82) is 0 Å². The fourth-order valence-electron chi connectivity index (χ4n) is 2.37. The molecule has 0 saturated carbocycles. The number of hydrogen-bond donors (Lipinski definition) is 1. The van der Waals surface area contributed by atoms with Gasteiger partial charge in [-0.1, -0.05) is 30.7 Å². The number of rotatable bonds is 3. The van der Waals surface area contributed by atoms with Gasteiger partial charge in [-0.25, -0.2) is 8.78 Å². The van der Waals surface area contributed by atoms with E-state index in [1.165, 1.54) is 18.6 Å². The Balaban J connectivity index is 2.19. The Morgan fingerprint density at radius 3 is 2.61 bits per heavy atom. The predicted octanol–water partition coefficient (Wildman–Crippen LogP) is 4.55. The summed E-state index contributed by atoms with van der Waals surface area (Å²) in [6.07, 6.45) is 4.06. The van der Waals surface area contributed by atoms with Crippen molar-refractivity contribution in [2.45, 2.75) is 44.6 Å². The normalized spacial score (nSPS) is 18.3. The van der Waals surface area contributed by atoms with Crippen LogP contribution >= 0.6 is 0 Å². The molecule has 0 amide bonds. The lowest BCUT2D eigenvalue weighted by Crippen LogP contribution is -2.02. The summed E-state index contributed by atoms with van der Waals surface area (Å²) in [5, 5.41) is 10.3. The predicted molar refractivity (Wildman–Crippen MR) is 67.5 cm³/mol. The summed E-state index contributed by atoms with van der Waals surface area (Å²) in [7, 11) is 0.